The van der Waals surface area contributed by atoms with E-state index >= 15 is 0 Å². The molecule has 0 aliphatic heterocycles. The summed E-state index contributed by atoms with van der Waals surface area (Å²) in [5.41, 5.74) is 4.07. The number of hydrogen-bond donors (Lipinski definition) is 1. The first-order valence-corrected chi connectivity index (χ1v) is 8.37. The van der Waals surface area contributed by atoms with Crippen molar-refractivity contribution >= 4 is 5.95 Å². The van der Waals surface area contributed by atoms with Crippen LogP contribution in [0.25, 0.3) is 22.5 Å². The first-order valence-electron chi connectivity index (χ1n) is 8.37. The highest BCUT2D eigenvalue weighted by molar-refractivity contribution is 5.78. The largest absolute Gasteiger partial charge is 0.496 e. The number of nitrogens with zero attached hydrogens (tertiary/aromatic N) is 4. The lowest BCUT2D eigenvalue weighted by molar-refractivity contribution is 0.410. The molecule has 0 atom stereocenters. The molecule has 1 N–H and O–H groups in total. The molecule has 0 saturated heterocycles. The van der Waals surface area contributed by atoms with Crippen LogP contribution in [0.2, 0.25) is 0 Å². The predicted molar refractivity (Wildman–Crippen MR) is 101 cm³/mol. The van der Waals surface area contributed by atoms with Gasteiger partial charge in [-0.15, -0.1) is 0 Å². The Hall–Kier alpha value is -3.74. The van der Waals surface area contributed by atoms with Crippen LogP contribution >= 0.6 is 0 Å². The lowest BCUT2D eigenvalue weighted by Crippen LogP contribution is -2.06. The zero-order valence-electron chi connectivity index (χ0n) is 14.7. The molecule has 0 saturated carbocycles. The van der Waals surface area contributed by atoms with Gasteiger partial charge in [0.1, 0.15) is 5.75 Å². The summed E-state index contributed by atoms with van der Waals surface area (Å²) in [4.78, 5) is 17.6. The Morgan fingerprint density at radius 2 is 2.00 bits per heavy atom. The van der Waals surface area contributed by atoms with E-state index in [4.69, 9.17) is 9.15 Å². The lowest BCUT2D eigenvalue weighted by atomic mass is 10.1. The van der Waals surface area contributed by atoms with E-state index in [1.54, 1.807) is 44.4 Å². The highest BCUT2D eigenvalue weighted by Gasteiger charge is 2.14. The summed E-state index contributed by atoms with van der Waals surface area (Å²) < 4.78 is 10.6. The lowest BCUT2D eigenvalue weighted by Gasteiger charge is -2.11. The Morgan fingerprint density at radius 3 is 2.78 bits per heavy atom. The van der Waals surface area contributed by atoms with Crippen LogP contribution in [-0.4, -0.2) is 27.0 Å². The molecule has 0 aliphatic rings. The van der Waals surface area contributed by atoms with Crippen LogP contribution in [0.1, 0.15) is 5.56 Å². The van der Waals surface area contributed by atoms with Crippen molar-refractivity contribution in [2.75, 3.05) is 12.4 Å². The molecule has 3 heterocycles. The van der Waals surface area contributed by atoms with Crippen LogP contribution in [0.5, 0.6) is 5.75 Å². The smallest absolute Gasteiger partial charge is 0.223 e. The molecule has 0 aliphatic carbocycles. The van der Waals surface area contributed by atoms with E-state index in [1.165, 1.54) is 0 Å². The summed E-state index contributed by atoms with van der Waals surface area (Å²) >= 11 is 0. The minimum atomic E-state index is 0.504. The molecule has 0 fully saturated rings. The number of rotatable bonds is 6. The molecule has 134 valence electrons. The predicted octanol–water partition coefficient (Wildman–Crippen LogP) is 3.81. The second-order valence-electron chi connectivity index (χ2n) is 5.72. The Morgan fingerprint density at radius 1 is 1.07 bits per heavy atom. The third kappa shape index (κ3) is 3.62. The van der Waals surface area contributed by atoms with Gasteiger partial charge in [-0.3, -0.25) is 9.97 Å². The maximum atomic E-state index is 5.38. The summed E-state index contributed by atoms with van der Waals surface area (Å²) in [6.07, 6.45) is 9.95. The first-order chi connectivity index (χ1) is 13.3. The molecule has 0 amide bonds. The van der Waals surface area contributed by atoms with Crippen LogP contribution in [0.3, 0.4) is 0 Å². The van der Waals surface area contributed by atoms with Gasteiger partial charge in [-0.2, -0.15) is 0 Å². The van der Waals surface area contributed by atoms with Gasteiger partial charge in [0.2, 0.25) is 5.95 Å². The van der Waals surface area contributed by atoms with Crippen LogP contribution in [-0.2, 0) is 6.54 Å². The van der Waals surface area contributed by atoms with Crippen LogP contribution in [0.15, 0.2) is 72.1 Å². The maximum absolute atomic E-state index is 5.38. The number of aromatic nitrogens is 4. The third-order valence-corrected chi connectivity index (χ3v) is 4.05. The molecule has 4 aromatic rings. The topological polar surface area (TPSA) is 86.0 Å². The molecule has 0 radical (unpaired) electrons. The molecule has 0 spiro atoms. The molecule has 3 aromatic heterocycles. The zero-order valence-corrected chi connectivity index (χ0v) is 14.7. The second-order valence-corrected chi connectivity index (χ2v) is 5.72. The van der Waals surface area contributed by atoms with Gasteiger partial charge >= 0.3 is 0 Å². The SMILES string of the molecule is COc1ccccc1CNc1ncc(-c2cnccn2)c(-c2ccoc2)n1. The standard InChI is InChI=1S/C20H17N5O2/c1-26-18-5-3-2-4-14(18)10-23-20-24-11-16(17-12-21-7-8-22-17)19(25-20)15-6-9-27-13-15/h2-9,11-13H,10H2,1H3,(H,23,24,25). The normalized spacial score (nSPS) is 10.6. The highest BCUT2D eigenvalue weighted by atomic mass is 16.5. The van der Waals surface area contributed by atoms with Gasteiger partial charge in [-0.05, 0) is 12.1 Å². The average Bonchev–Trinajstić information content (AvgIpc) is 3.28. The van der Waals surface area contributed by atoms with Crippen molar-refractivity contribution in [3.05, 3.63) is 73.2 Å². The monoisotopic (exact) mass is 359 g/mol. The average molecular weight is 359 g/mol. The molecule has 0 unspecified atom stereocenters. The first kappa shape index (κ1) is 16.7. The number of methoxy groups -OCH3 is 1. The van der Waals surface area contributed by atoms with Crippen molar-refractivity contribution < 1.29 is 9.15 Å². The number of anilines is 1. The van der Waals surface area contributed by atoms with Gasteiger partial charge in [-0.1, -0.05) is 18.2 Å². The van der Waals surface area contributed by atoms with Gasteiger partial charge in [-0.25, -0.2) is 9.97 Å². The van der Waals surface area contributed by atoms with E-state index in [-0.39, 0.29) is 0 Å². The van der Waals surface area contributed by atoms with E-state index in [2.05, 4.69) is 25.3 Å². The van der Waals surface area contributed by atoms with Crippen molar-refractivity contribution in [3.63, 3.8) is 0 Å². The number of nitrogens with one attached hydrogen (secondary N) is 1. The Kier molecular flexibility index (Phi) is 4.74. The summed E-state index contributed by atoms with van der Waals surface area (Å²) in [7, 11) is 1.65. The zero-order chi connectivity index (χ0) is 18.5. The number of hydrogen-bond acceptors (Lipinski definition) is 7. The molecule has 27 heavy (non-hydrogen) atoms. The highest BCUT2D eigenvalue weighted by Crippen LogP contribution is 2.29. The van der Waals surface area contributed by atoms with E-state index in [0.717, 1.165) is 28.1 Å². The Labute approximate surface area is 156 Å². The molecular weight excluding hydrogens is 342 g/mol. The van der Waals surface area contributed by atoms with E-state index < -0.39 is 0 Å². The number of benzene rings is 1. The number of para-hydroxylation sites is 1. The molecule has 1 aromatic carbocycles. The fraction of sp³-hybridized carbons (Fsp3) is 0.100. The fourth-order valence-electron chi connectivity index (χ4n) is 2.74. The summed E-state index contributed by atoms with van der Waals surface area (Å²) in [5.74, 6) is 1.32. The molecule has 7 heteroatoms. The van der Waals surface area contributed by atoms with Crippen LogP contribution in [0.4, 0.5) is 5.95 Å². The molecule has 4 rings (SSSR count). The van der Waals surface area contributed by atoms with Crippen LogP contribution in [0, 0.1) is 0 Å². The van der Waals surface area contributed by atoms with Crippen molar-refractivity contribution in [2.24, 2.45) is 0 Å². The van der Waals surface area contributed by atoms with Gasteiger partial charge in [0, 0.05) is 41.8 Å². The maximum Gasteiger partial charge on any atom is 0.223 e. The van der Waals surface area contributed by atoms with Gasteiger partial charge in [0.25, 0.3) is 0 Å². The van der Waals surface area contributed by atoms with E-state index in [9.17, 15) is 0 Å². The minimum Gasteiger partial charge on any atom is -0.496 e. The number of furan rings is 1. The van der Waals surface area contributed by atoms with Gasteiger partial charge in [0.15, 0.2) is 0 Å². The third-order valence-electron chi connectivity index (χ3n) is 4.05. The Balaban J connectivity index is 1.66. The molecule has 0 bridgehead atoms. The van der Waals surface area contributed by atoms with E-state index in [0.29, 0.717) is 18.2 Å². The van der Waals surface area contributed by atoms with Gasteiger partial charge in [0.05, 0.1) is 37.2 Å². The second kappa shape index (κ2) is 7.65. The van der Waals surface area contributed by atoms with Crippen molar-refractivity contribution in [1.82, 2.24) is 19.9 Å². The summed E-state index contributed by atoms with van der Waals surface area (Å²) in [5, 5.41) is 3.25. The summed E-state index contributed by atoms with van der Waals surface area (Å²) in [6.45, 7) is 0.541. The molecular formula is C20H17N5O2. The van der Waals surface area contributed by atoms with Gasteiger partial charge < -0.3 is 14.5 Å². The minimum absolute atomic E-state index is 0.504. The molecule has 7 nitrogen and oxygen atoms in total. The number of ether oxygens (including phenoxy) is 1. The fourth-order valence-corrected chi connectivity index (χ4v) is 2.74. The van der Waals surface area contributed by atoms with Crippen molar-refractivity contribution in [2.45, 2.75) is 6.54 Å². The van der Waals surface area contributed by atoms with Crippen molar-refractivity contribution in [1.29, 1.82) is 0 Å². The Bertz CT molecular complexity index is 1020. The van der Waals surface area contributed by atoms with Crippen molar-refractivity contribution in [3.8, 4) is 28.3 Å². The quantitative estimate of drug-likeness (QED) is 0.560. The summed E-state index contributed by atoms with van der Waals surface area (Å²) in [6, 6.07) is 9.68. The van der Waals surface area contributed by atoms with E-state index in [1.807, 2.05) is 30.3 Å². The van der Waals surface area contributed by atoms with Crippen LogP contribution < -0.4 is 10.1 Å².